The van der Waals surface area contributed by atoms with Crippen molar-refractivity contribution in [1.82, 2.24) is 0 Å². The predicted molar refractivity (Wildman–Crippen MR) is 52.5 cm³/mol. The molecule has 0 bridgehead atoms. The van der Waals surface area contributed by atoms with E-state index < -0.39 is 5.97 Å². The van der Waals surface area contributed by atoms with Gasteiger partial charge >= 0.3 is 5.97 Å². The standard InChI is InChI=1S/C8H7IO3/c1-4-2-5(10)3-6(7(4)9)8(11)12/h2-3,10H,1H3,(H,11,12). The van der Waals surface area contributed by atoms with Crippen LogP contribution >= 0.6 is 22.6 Å². The van der Waals surface area contributed by atoms with Gasteiger partial charge in [-0.25, -0.2) is 4.79 Å². The van der Waals surface area contributed by atoms with Gasteiger partial charge in [0.1, 0.15) is 5.75 Å². The second-order valence-corrected chi connectivity index (χ2v) is 3.51. The molecule has 0 saturated carbocycles. The van der Waals surface area contributed by atoms with Crippen molar-refractivity contribution in [2.24, 2.45) is 0 Å². The molecule has 1 aromatic rings. The Morgan fingerprint density at radius 1 is 1.50 bits per heavy atom. The molecule has 64 valence electrons. The van der Waals surface area contributed by atoms with E-state index in [1.54, 1.807) is 6.92 Å². The first-order valence-corrected chi connectivity index (χ1v) is 4.32. The normalized spacial score (nSPS) is 9.83. The lowest BCUT2D eigenvalue weighted by atomic mass is 10.1. The molecular formula is C8H7IO3. The van der Waals surface area contributed by atoms with Gasteiger partial charge in [-0.15, -0.1) is 0 Å². The van der Waals surface area contributed by atoms with Crippen molar-refractivity contribution in [2.75, 3.05) is 0 Å². The molecule has 0 saturated heterocycles. The van der Waals surface area contributed by atoms with E-state index in [1.165, 1.54) is 12.1 Å². The first kappa shape index (κ1) is 9.31. The molecule has 0 aromatic heterocycles. The molecule has 0 heterocycles. The largest absolute Gasteiger partial charge is 0.508 e. The minimum Gasteiger partial charge on any atom is -0.508 e. The third-order valence-corrected chi connectivity index (χ3v) is 2.90. The lowest BCUT2D eigenvalue weighted by Gasteiger charge is -2.03. The van der Waals surface area contributed by atoms with Gasteiger partial charge in [0.15, 0.2) is 0 Å². The lowest BCUT2D eigenvalue weighted by molar-refractivity contribution is 0.0695. The molecule has 0 atom stereocenters. The summed E-state index contributed by atoms with van der Waals surface area (Å²) in [6, 6.07) is 2.78. The SMILES string of the molecule is Cc1cc(O)cc(C(=O)O)c1I. The summed E-state index contributed by atoms with van der Waals surface area (Å²) in [5.74, 6) is -1.02. The van der Waals surface area contributed by atoms with Crippen LogP contribution in [0.4, 0.5) is 0 Å². The van der Waals surface area contributed by atoms with Crippen LogP contribution in [0, 0.1) is 10.5 Å². The van der Waals surface area contributed by atoms with Crippen molar-refractivity contribution in [2.45, 2.75) is 6.92 Å². The van der Waals surface area contributed by atoms with Crippen LogP contribution < -0.4 is 0 Å². The van der Waals surface area contributed by atoms with Crippen molar-refractivity contribution < 1.29 is 15.0 Å². The van der Waals surface area contributed by atoms with Crippen LogP contribution in [-0.4, -0.2) is 16.2 Å². The summed E-state index contributed by atoms with van der Waals surface area (Å²) >= 11 is 1.94. The summed E-state index contributed by atoms with van der Waals surface area (Å²) in [5.41, 5.74) is 0.918. The van der Waals surface area contributed by atoms with Crippen molar-refractivity contribution in [3.63, 3.8) is 0 Å². The predicted octanol–water partition coefficient (Wildman–Crippen LogP) is 2.00. The molecule has 0 aliphatic carbocycles. The van der Waals surface area contributed by atoms with E-state index in [0.29, 0.717) is 3.57 Å². The Hall–Kier alpha value is -0.780. The van der Waals surface area contributed by atoms with E-state index in [1.807, 2.05) is 22.6 Å². The molecule has 1 aromatic carbocycles. The molecule has 0 radical (unpaired) electrons. The third kappa shape index (κ3) is 1.69. The Bertz CT molecular complexity index is 333. The molecule has 0 aliphatic rings. The molecule has 0 aliphatic heterocycles. The Morgan fingerprint density at radius 2 is 2.08 bits per heavy atom. The van der Waals surface area contributed by atoms with E-state index in [-0.39, 0.29) is 11.3 Å². The number of aryl methyl sites for hydroxylation is 1. The Morgan fingerprint density at radius 3 is 2.58 bits per heavy atom. The first-order valence-electron chi connectivity index (χ1n) is 3.25. The van der Waals surface area contributed by atoms with E-state index in [2.05, 4.69) is 0 Å². The highest BCUT2D eigenvalue weighted by Gasteiger charge is 2.11. The highest BCUT2D eigenvalue weighted by molar-refractivity contribution is 14.1. The van der Waals surface area contributed by atoms with Crippen molar-refractivity contribution in [3.8, 4) is 5.75 Å². The number of halogens is 1. The van der Waals surface area contributed by atoms with Gasteiger partial charge in [0.05, 0.1) is 5.56 Å². The maximum Gasteiger partial charge on any atom is 0.336 e. The fourth-order valence-corrected chi connectivity index (χ4v) is 1.45. The number of hydrogen-bond acceptors (Lipinski definition) is 2. The summed E-state index contributed by atoms with van der Waals surface area (Å²) in [5, 5.41) is 17.8. The molecule has 1 rings (SSSR count). The summed E-state index contributed by atoms with van der Waals surface area (Å²) in [6.07, 6.45) is 0. The van der Waals surface area contributed by atoms with E-state index in [0.717, 1.165) is 5.56 Å². The van der Waals surface area contributed by atoms with Crippen LogP contribution in [0.2, 0.25) is 0 Å². The van der Waals surface area contributed by atoms with Crippen LogP contribution in [-0.2, 0) is 0 Å². The topological polar surface area (TPSA) is 57.5 Å². The van der Waals surface area contributed by atoms with Crippen molar-refractivity contribution in [3.05, 3.63) is 26.8 Å². The Labute approximate surface area is 83.2 Å². The van der Waals surface area contributed by atoms with Crippen molar-refractivity contribution in [1.29, 1.82) is 0 Å². The molecule has 2 N–H and O–H groups in total. The monoisotopic (exact) mass is 278 g/mol. The van der Waals surface area contributed by atoms with Gasteiger partial charge in [-0.2, -0.15) is 0 Å². The first-order chi connectivity index (χ1) is 5.52. The average Bonchev–Trinajstić information content (AvgIpc) is 1.96. The molecule has 3 nitrogen and oxygen atoms in total. The van der Waals surface area contributed by atoms with Gasteiger partial charge in [0, 0.05) is 3.57 Å². The number of phenols is 1. The summed E-state index contributed by atoms with van der Waals surface area (Å²) in [4.78, 5) is 10.6. The van der Waals surface area contributed by atoms with Crippen LogP contribution in [0.3, 0.4) is 0 Å². The number of carboxylic acid groups (broad SMARTS) is 1. The van der Waals surface area contributed by atoms with Crippen LogP contribution in [0.15, 0.2) is 12.1 Å². The highest BCUT2D eigenvalue weighted by atomic mass is 127. The smallest absolute Gasteiger partial charge is 0.336 e. The Balaban J connectivity index is 3.37. The molecule has 12 heavy (non-hydrogen) atoms. The zero-order chi connectivity index (χ0) is 9.30. The van der Waals surface area contributed by atoms with Gasteiger partial charge in [-0.1, -0.05) is 0 Å². The molecule has 0 spiro atoms. The second-order valence-electron chi connectivity index (χ2n) is 2.43. The van der Waals surface area contributed by atoms with Gasteiger partial charge in [-0.3, -0.25) is 0 Å². The van der Waals surface area contributed by atoms with Crippen LogP contribution in [0.1, 0.15) is 15.9 Å². The highest BCUT2D eigenvalue weighted by Crippen LogP contribution is 2.22. The maximum atomic E-state index is 10.6. The number of aromatic hydroxyl groups is 1. The minimum atomic E-state index is -1.02. The zero-order valence-corrected chi connectivity index (χ0v) is 8.49. The maximum absolute atomic E-state index is 10.6. The fraction of sp³-hybridized carbons (Fsp3) is 0.125. The van der Waals surface area contributed by atoms with Crippen LogP contribution in [0.25, 0.3) is 0 Å². The summed E-state index contributed by atoms with van der Waals surface area (Å²) in [7, 11) is 0. The number of benzene rings is 1. The zero-order valence-electron chi connectivity index (χ0n) is 6.34. The van der Waals surface area contributed by atoms with Crippen LogP contribution in [0.5, 0.6) is 5.75 Å². The molecule has 4 heteroatoms. The lowest BCUT2D eigenvalue weighted by Crippen LogP contribution is -2.00. The fourth-order valence-electron chi connectivity index (χ4n) is 0.906. The molecule has 0 unspecified atom stereocenters. The summed E-state index contributed by atoms with van der Waals surface area (Å²) < 4.78 is 0.665. The third-order valence-electron chi connectivity index (χ3n) is 1.47. The minimum absolute atomic E-state index is 0.00897. The van der Waals surface area contributed by atoms with E-state index in [9.17, 15) is 4.79 Å². The quantitative estimate of drug-likeness (QED) is 0.772. The number of carboxylic acids is 1. The summed E-state index contributed by atoms with van der Waals surface area (Å²) in [6.45, 7) is 1.76. The van der Waals surface area contributed by atoms with E-state index >= 15 is 0 Å². The van der Waals surface area contributed by atoms with Crippen molar-refractivity contribution >= 4 is 28.6 Å². The molecular weight excluding hydrogens is 271 g/mol. The number of carbonyl (C=O) groups is 1. The molecule has 0 amide bonds. The van der Waals surface area contributed by atoms with E-state index in [4.69, 9.17) is 10.2 Å². The van der Waals surface area contributed by atoms with Gasteiger partial charge in [0.2, 0.25) is 0 Å². The Kier molecular flexibility index (Phi) is 2.56. The molecule has 0 fully saturated rings. The number of hydrogen-bond donors (Lipinski definition) is 2. The van der Waals surface area contributed by atoms with Gasteiger partial charge in [0.25, 0.3) is 0 Å². The van der Waals surface area contributed by atoms with Gasteiger partial charge in [-0.05, 0) is 47.2 Å². The number of aromatic carboxylic acids is 1. The van der Waals surface area contributed by atoms with Gasteiger partial charge < -0.3 is 10.2 Å². The average molecular weight is 278 g/mol. The number of rotatable bonds is 1. The second kappa shape index (κ2) is 3.30. The number of phenolic OH excluding ortho intramolecular Hbond substituents is 1.